The van der Waals surface area contributed by atoms with Gasteiger partial charge in [0.1, 0.15) is 11.9 Å². The predicted octanol–water partition coefficient (Wildman–Crippen LogP) is 5.57. The number of fused-ring (bicyclic) bond motifs is 1. The second-order valence-corrected chi connectivity index (χ2v) is 8.37. The van der Waals surface area contributed by atoms with Gasteiger partial charge >= 0.3 is 0 Å². The summed E-state index contributed by atoms with van der Waals surface area (Å²) >= 11 is 12.3. The van der Waals surface area contributed by atoms with Crippen LogP contribution in [0, 0.1) is 0 Å². The van der Waals surface area contributed by atoms with Crippen molar-refractivity contribution in [3.8, 4) is 11.4 Å². The van der Waals surface area contributed by atoms with Gasteiger partial charge in [-0.1, -0.05) is 41.4 Å². The zero-order valence-corrected chi connectivity index (χ0v) is 19.0. The number of pyridine rings is 1. The van der Waals surface area contributed by atoms with Gasteiger partial charge in [-0.15, -0.1) is 5.10 Å². The van der Waals surface area contributed by atoms with Crippen LogP contribution in [0.4, 0.5) is 11.8 Å². The molecule has 0 saturated heterocycles. The highest BCUT2D eigenvalue weighted by atomic mass is 35.5. The molecular formula is C24H18Cl2N6O. The number of carbonyl (C=O) groups excluding carboxylic acids is 1. The fourth-order valence-electron chi connectivity index (χ4n) is 3.77. The lowest BCUT2D eigenvalue weighted by molar-refractivity contribution is -0.113. The van der Waals surface area contributed by atoms with E-state index in [9.17, 15) is 4.79 Å². The SMILES string of the molecule is CC1=C(C(=O)Nc2ccccn2)[C@H](c2cccc(Cl)c2)n2nc(-c3ccc(Cl)cc3)nc2N1. The van der Waals surface area contributed by atoms with E-state index in [1.54, 1.807) is 41.2 Å². The smallest absolute Gasteiger partial charge is 0.257 e. The lowest BCUT2D eigenvalue weighted by atomic mass is 9.95. The summed E-state index contributed by atoms with van der Waals surface area (Å²) in [5.74, 6) is 1.20. The summed E-state index contributed by atoms with van der Waals surface area (Å²) in [6.45, 7) is 1.84. The van der Waals surface area contributed by atoms with Gasteiger partial charge in [-0.2, -0.15) is 4.98 Å². The second kappa shape index (κ2) is 8.69. The van der Waals surface area contributed by atoms with Crippen molar-refractivity contribution in [1.82, 2.24) is 19.7 Å². The molecule has 7 nitrogen and oxygen atoms in total. The van der Waals surface area contributed by atoms with Gasteiger partial charge in [-0.3, -0.25) is 4.79 Å². The highest BCUT2D eigenvalue weighted by Crippen LogP contribution is 2.37. The summed E-state index contributed by atoms with van der Waals surface area (Å²) in [5.41, 5.74) is 2.77. The van der Waals surface area contributed by atoms with Gasteiger partial charge in [0.05, 0.1) is 5.57 Å². The normalized spacial score (nSPS) is 15.1. The van der Waals surface area contributed by atoms with Crippen molar-refractivity contribution in [3.63, 3.8) is 0 Å². The van der Waals surface area contributed by atoms with E-state index >= 15 is 0 Å². The molecule has 1 atom stereocenters. The third-order valence-corrected chi connectivity index (χ3v) is 5.76. The fraction of sp³-hybridized carbons (Fsp3) is 0.0833. The van der Waals surface area contributed by atoms with Crippen LogP contribution < -0.4 is 10.6 Å². The summed E-state index contributed by atoms with van der Waals surface area (Å²) in [4.78, 5) is 22.3. The molecule has 2 N–H and O–H groups in total. The van der Waals surface area contributed by atoms with Crippen molar-refractivity contribution >= 4 is 40.9 Å². The van der Waals surface area contributed by atoms with Gasteiger partial charge in [0.25, 0.3) is 5.91 Å². The molecule has 0 saturated carbocycles. The number of benzene rings is 2. The van der Waals surface area contributed by atoms with E-state index in [1.165, 1.54) is 0 Å². The van der Waals surface area contributed by atoms with E-state index < -0.39 is 6.04 Å². The third-order valence-electron chi connectivity index (χ3n) is 5.27. The lowest BCUT2D eigenvalue weighted by Crippen LogP contribution is -2.31. The van der Waals surface area contributed by atoms with Crippen LogP contribution in [0.2, 0.25) is 10.0 Å². The molecule has 2 aromatic carbocycles. The summed E-state index contributed by atoms with van der Waals surface area (Å²) in [6, 6.07) is 19.4. The molecule has 0 bridgehead atoms. The summed E-state index contributed by atoms with van der Waals surface area (Å²) < 4.78 is 1.70. The molecule has 33 heavy (non-hydrogen) atoms. The number of halogens is 2. The molecule has 3 heterocycles. The standard InChI is InChI=1S/C24H18Cl2N6O/c1-14-20(23(33)29-19-7-2-3-12-27-19)21(16-5-4-6-18(26)13-16)32-24(28-14)30-22(31-32)15-8-10-17(25)11-9-15/h2-13,21H,1H3,(H,27,29,33)(H,28,30,31)/t21-/m0/s1. The Bertz CT molecular complexity index is 1370. The van der Waals surface area contributed by atoms with E-state index in [1.807, 2.05) is 43.3 Å². The first kappa shape index (κ1) is 21.2. The van der Waals surface area contributed by atoms with Crippen LogP contribution in [0.25, 0.3) is 11.4 Å². The quantitative estimate of drug-likeness (QED) is 0.401. The van der Waals surface area contributed by atoms with Gasteiger partial charge in [0.2, 0.25) is 5.95 Å². The number of rotatable bonds is 4. The zero-order valence-electron chi connectivity index (χ0n) is 17.5. The van der Waals surface area contributed by atoms with Crippen LogP contribution >= 0.6 is 23.2 Å². The molecule has 0 fully saturated rings. The number of carbonyl (C=O) groups is 1. The van der Waals surface area contributed by atoms with Gasteiger partial charge in [-0.05, 0) is 61.0 Å². The monoisotopic (exact) mass is 476 g/mol. The van der Waals surface area contributed by atoms with E-state index in [4.69, 9.17) is 28.3 Å². The minimum absolute atomic E-state index is 0.294. The maximum atomic E-state index is 13.4. The molecule has 0 unspecified atom stereocenters. The molecular weight excluding hydrogens is 459 g/mol. The van der Waals surface area contributed by atoms with Crippen molar-refractivity contribution in [2.75, 3.05) is 10.6 Å². The first-order chi connectivity index (χ1) is 16.0. The summed E-state index contributed by atoms with van der Waals surface area (Å²) in [5, 5.41) is 12.0. The lowest BCUT2D eigenvalue weighted by Gasteiger charge is -2.28. The van der Waals surface area contributed by atoms with Crippen LogP contribution in [0.15, 0.2) is 84.2 Å². The number of allylic oxidation sites excluding steroid dienone is 1. The van der Waals surface area contributed by atoms with Crippen molar-refractivity contribution in [3.05, 3.63) is 99.8 Å². The predicted molar refractivity (Wildman–Crippen MR) is 129 cm³/mol. The largest absolute Gasteiger partial charge is 0.328 e. The zero-order chi connectivity index (χ0) is 22.9. The first-order valence-electron chi connectivity index (χ1n) is 10.2. The highest BCUT2D eigenvalue weighted by molar-refractivity contribution is 6.30. The van der Waals surface area contributed by atoms with Crippen molar-refractivity contribution in [2.45, 2.75) is 13.0 Å². The molecule has 164 valence electrons. The van der Waals surface area contributed by atoms with Crippen molar-refractivity contribution in [1.29, 1.82) is 0 Å². The third kappa shape index (κ3) is 4.20. The minimum Gasteiger partial charge on any atom is -0.328 e. The van der Waals surface area contributed by atoms with E-state index in [0.717, 1.165) is 11.1 Å². The average Bonchev–Trinajstić information content (AvgIpc) is 3.22. The summed E-state index contributed by atoms with van der Waals surface area (Å²) in [6.07, 6.45) is 1.62. The van der Waals surface area contributed by atoms with Crippen LogP contribution in [0.1, 0.15) is 18.5 Å². The molecule has 0 radical (unpaired) electrons. The topological polar surface area (TPSA) is 84.7 Å². The van der Waals surface area contributed by atoms with E-state index in [0.29, 0.717) is 38.9 Å². The Kier molecular flexibility index (Phi) is 5.58. The Morgan fingerprint density at radius 1 is 1.03 bits per heavy atom. The molecule has 0 spiro atoms. The number of nitrogens with one attached hydrogen (secondary N) is 2. The molecule has 0 aliphatic carbocycles. The number of amides is 1. The fourth-order valence-corrected chi connectivity index (χ4v) is 4.10. The van der Waals surface area contributed by atoms with E-state index in [-0.39, 0.29) is 5.91 Å². The highest BCUT2D eigenvalue weighted by Gasteiger charge is 2.34. The number of anilines is 2. The molecule has 1 aliphatic heterocycles. The van der Waals surface area contributed by atoms with Crippen LogP contribution in [-0.4, -0.2) is 25.7 Å². The summed E-state index contributed by atoms with van der Waals surface area (Å²) in [7, 11) is 0. The maximum Gasteiger partial charge on any atom is 0.257 e. The average molecular weight is 477 g/mol. The Labute approximate surface area is 200 Å². The molecule has 1 amide bonds. The number of hydrogen-bond acceptors (Lipinski definition) is 5. The Morgan fingerprint density at radius 2 is 1.85 bits per heavy atom. The Hall–Kier alpha value is -3.68. The van der Waals surface area contributed by atoms with Gasteiger partial charge in [0.15, 0.2) is 5.82 Å². The Morgan fingerprint density at radius 3 is 2.58 bits per heavy atom. The van der Waals surface area contributed by atoms with Crippen molar-refractivity contribution in [2.24, 2.45) is 0 Å². The van der Waals surface area contributed by atoms with Crippen LogP contribution in [0.3, 0.4) is 0 Å². The maximum absolute atomic E-state index is 13.4. The van der Waals surface area contributed by atoms with Crippen LogP contribution in [0.5, 0.6) is 0 Å². The van der Waals surface area contributed by atoms with Gasteiger partial charge < -0.3 is 10.6 Å². The van der Waals surface area contributed by atoms with Crippen LogP contribution in [-0.2, 0) is 4.79 Å². The Balaban J connectivity index is 1.61. The first-order valence-corrected chi connectivity index (χ1v) is 10.9. The molecule has 9 heteroatoms. The molecule has 1 aliphatic rings. The van der Waals surface area contributed by atoms with Gasteiger partial charge in [0, 0.05) is 27.5 Å². The second-order valence-electron chi connectivity index (χ2n) is 7.50. The number of aromatic nitrogens is 4. The minimum atomic E-state index is -0.544. The molecule has 5 rings (SSSR count). The molecule has 4 aromatic rings. The number of nitrogens with zero attached hydrogens (tertiary/aromatic N) is 4. The number of hydrogen-bond donors (Lipinski definition) is 2. The molecule has 2 aromatic heterocycles. The van der Waals surface area contributed by atoms with Gasteiger partial charge in [-0.25, -0.2) is 9.67 Å². The van der Waals surface area contributed by atoms with Crippen molar-refractivity contribution < 1.29 is 4.79 Å². The van der Waals surface area contributed by atoms with E-state index in [2.05, 4.69) is 20.6 Å².